The standard InChI is InChI=1S/C35H36F3N3O3/c1-2-44-34(43)28-20-41(26-13-14-26)31-27(33(28)42)17-29(37)32(30(31)38)40-16-15-35(21-36,23-40)22-39(18-24-9-5-3-6-10-24)19-25-11-7-4-8-12-25/h3-12,17,20,26H,2,13-16,18-19,21-23H2,1H3/t35-/m0/s1. The van der Waals surface area contributed by atoms with Crippen LogP contribution in [0.5, 0.6) is 0 Å². The van der Waals surface area contributed by atoms with Crippen molar-refractivity contribution in [2.24, 2.45) is 5.41 Å². The first-order chi connectivity index (χ1) is 21.3. The fourth-order valence-corrected chi connectivity index (χ4v) is 6.45. The second kappa shape index (κ2) is 12.5. The largest absolute Gasteiger partial charge is 0.462 e. The van der Waals surface area contributed by atoms with E-state index in [0.29, 0.717) is 26.1 Å². The Kier molecular flexibility index (Phi) is 8.49. The number of alkyl halides is 1. The average molecular weight is 604 g/mol. The van der Waals surface area contributed by atoms with Crippen molar-refractivity contribution in [3.63, 3.8) is 0 Å². The molecule has 0 bridgehead atoms. The van der Waals surface area contributed by atoms with Gasteiger partial charge in [0.15, 0.2) is 5.82 Å². The molecule has 230 valence electrons. The monoisotopic (exact) mass is 603 g/mol. The lowest BCUT2D eigenvalue weighted by Crippen LogP contribution is -2.41. The average Bonchev–Trinajstić information content (AvgIpc) is 3.79. The number of fused-ring (bicyclic) bond motifs is 1. The van der Waals surface area contributed by atoms with E-state index in [4.69, 9.17) is 4.74 Å². The number of hydrogen-bond acceptors (Lipinski definition) is 5. The number of rotatable bonds is 11. The van der Waals surface area contributed by atoms with Gasteiger partial charge in [0.2, 0.25) is 5.43 Å². The predicted octanol–water partition coefficient (Wildman–Crippen LogP) is 6.66. The molecule has 1 aliphatic heterocycles. The number of nitrogens with zero attached hydrogens (tertiary/aromatic N) is 3. The number of benzene rings is 3. The Balaban J connectivity index is 1.33. The van der Waals surface area contributed by atoms with Crippen LogP contribution in [0, 0.1) is 17.0 Å². The molecule has 0 spiro atoms. The highest BCUT2D eigenvalue weighted by molar-refractivity contribution is 5.95. The summed E-state index contributed by atoms with van der Waals surface area (Å²) in [4.78, 5) is 29.5. The van der Waals surface area contributed by atoms with Crippen molar-refractivity contribution in [3.8, 4) is 0 Å². The van der Waals surface area contributed by atoms with Crippen LogP contribution in [0.1, 0.15) is 53.7 Å². The van der Waals surface area contributed by atoms with E-state index in [0.717, 1.165) is 30.0 Å². The molecule has 2 fully saturated rings. The Morgan fingerprint density at radius 2 is 1.66 bits per heavy atom. The first-order valence-electron chi connectivity index (χ1n) is 15.2. The molecule has 1 saturated carbocycles. The van der Waals surface area contributed by atoms with E-state index in [9.17, 15) is 9.59 Å². The van der Waals surface area contributed by atoms with Crippen LogP contribution in [0.3, 0.4) is 0 Å². The zero-order chi connectivity index (χ0) is 30.8. The number of hydrogen-bond donors (Lipinski definition) is 0. The molecule has 0 amide bonds. The van der Waals surface area contributed by atoms with Crippen LogP contribution in [-0.4, -0.2) is 48.4 Å². The summed E-state index contributed by atoms with van der Waals surface area (Å²) in [5.74, 6) is -2.59. The summed E-state index contributed by atoms with van der Waals surface area (Å²) in [6.07, 6.45) is 3.25. The minimum Gasteiger partial charge on any atom is -0.462 e. The third kappa shape index (κ3) is 5.98. The lowest BCUT2D eigenvalue weighted by molar-refractivity contribution is 0.0524. The third-order valence-corrected chi connectivity index (χ3v) is 8.71. The Hall–Kier alpha value is -4.11. The van der Waals surface area contributed by atoms with E-state index in [1.165, 1.54) is 6.20 Å². The molecule has 9 heteroatoms. The van der Waals surface area contributed by atoms with E-state index in [1.54, 1.807) is 16.4 Å². The maximum Gasteiger partial charge on any atom is 0.343 e. The van der Waals surface area contributed by atoms with Crippen molar-refractivity contribution < 1.29 is 22.7 Å². The maximum absolute atomic E-state index is 16.4. The lowest BCUT2D eigenvalue weighted by Gasteiger charge is -2.34. The summed E-state index contributed by atoms with van der Waals surface area (Å²) in [5, 5.41) is -0.200. The number of ether oxygens (including phenoxy) is 1. The van der Waals surface area contributed by atoms with Crippen molar-refractivity contribution in [2.75, 3.05) is 37.8 Å². The first-order valence-corrected chi connectivity index (χ1v) is 15.2. The molecule has 44 heavy (non-hydrogen) atoms. The molecule has 2 aliphatic rings. The molecule has 6 nitrogen and oxygen atoms in total. The van der Waals surface area contributed by atoms with Crippen LogP contribution in [0.4, 0.5) is 18.9 Å². The summed E-state index contributed by atoms with van der Waals surface area (Å²) in [6, 6.07) is 20.9. The van der Waals surface area contributed by atoms with Gasteiger partial charge in [-0.05, 0) is 43.4 Å². The van der Waals surface area contributed by atoms with Gasteiger partial charge in [0.25, 0.3) is 0 Å². The van der Waals surface area contributed by atoms with Crippen molar-refractivity contribution in [1.29, 1.82) is 0 Å². The van der Waals surface area contributed by atoms with E-state index in [-0.39, 0.29) is 47.9 Å². The molecule has 4 aromatic rings. The molecule has 3 aromatic carbocycles. The molecule has 1 aromatic heterocycles. The number of carbonyl (C=O) groups is 1. The summed E-state index contributed by atoms with van der Waals surface area (Å²) in [6.45, 7) is 3.05. The summed E-state index contributed by atoms with van der Waals surface area (Å²) in [5.41, 5.74) is 0.0430. The number of aromatic nitrogens is 1. The van der Waals surface area contributed by atoms with Crippen LogP contribution in [-0.2, 0) is 17.8 Å². The Bertz CT molecular complexity index is 1670. The number of anilines is 1. The molecule has 0 unspecified atom stereocenters. The number of esters is 1. The summed E-state index contributed by atoms with van der Waals surface area (Å²) in [7, 11) is 0. The van der Waals surface area contributed by atoms with Gasteiger partial charge in [-0.3, -0.25) is 14.1 Å². The van der Waals surface area contributed by atoms with Gasteiger partial charge >= 0.3 is 5.97 Å². The summed E-state index contributed by atoms with van der Waals surface area (Å²) < 4.78 is 53.8. The molecule has 0 N–H and O–H groups in total. The molecule has 2 heterocycles. The molecular weight excluding hydrogens is 567 g/mol. The fraction of sp³-hybridized carbons (Fsp3) is 0.371. The van der Waals surface area contributed by atoms with Crippen LogP contribution in [0.2, 0.25) is 0 Å². The molecule has 0 radical (unpaired) electrons. The zero-order valence-electron chi connectivity index (χ0n) is 24.8. The van der Waals surface area contributed by atoms with Gasteiger partial charge in [-0.2, -0.15) is 0 Å². The van der Waals surface area contributed by atoms with Crippen molar-refractivity contribution in [3.05, 3.63) is 111 Å². The zero-order valence-corrected chi connectivity index (χ0v) is 24.8. The Morgan fingerprint density at radius 1 is 1.02 bits per heavy atom. The minimum atomic E-state index is -0.907. The Morgan fingerprint density at radius 3 is 2.23 bits per heavy atom. The first kappa shape index (κ1) is 29.9. The van der Waals surface area contributed by atoms with Gasteiger partial charge < -0.3 is 14.2 Å². The van der Waals surface area contributed by atoms with E-state index < -0.39 is 35.1 Å². The Labute approximate surface area is 254 Å². The minimum absolute atomic E-state index is 0.0329. The number of carbonyl (C=O) groups excluding carboxylic acids is 1. The van der Waals surface area contributed by atoms with Gasteiger partial charge in [-0.1, -0.05) is 60.7 Å². The van der Waals surface area contributed by atoms with Crippen molar-refractivity contribution in [2.45, 2.75) is 45.3 Å². The van der Waals surface area contributed by atoms with Gasteiger partial charge in [0.1, 0.15) is 17.1 Å². The molecule has 1 saturated heterocycles. The number of halogens is 3. The molecule has 1 aliphatic carbocycles. The predicted molar refractivity (Wildman–Crippen MR) is 165 cm³/mol. The van der Waals surface area contributed by atoms with E-state index in [1.807, 2.05) is 60.7 Å². The van der Waals surface area contributed by atoms with Crippen LogP contribution < -0.4 is 10.3 Å². The SMILES string of the molecule is CCOC(=O)c1cn(C2CC2)c2c(F)c(N3CC[C@](CF)(CN(Cc4ccccc4)Cc4ccccc4)C3)c(F)cc2c1=O. The highest BCUT2D eigenvalue weighted by Gasteiger charge is 2.42. The van der Waals surface area contributed by atoms with Gasteiger partial charge in [0.05, 0.1) is 24.2 Å². The van der Waals surface area contributed by atoms with Gasteiger partial charge in [0, 0.05) is 50.4 Å². The van der Waals surface area contributed by atoms with Crippen LogP contribution in [0.25, 0.3) is 10.9 Å². The lowest BCUT2D eigenvalue weighted by atomic mass is 9.87. The molecule has 6 rings (SSSR count). The smallest absolute Gasteiger partial charge is 0.343 e. The maximum atomic E-state index is 16.4. The highest BCUT2D eigenvalue weighted by atomic mass is 19.1. The summed E-state index contributed by atoms with van der Waals surface area (Å²) >= 11 is 0. The van der Waals surface area contributed by atoms with Gasteiger partial charge in [-0.25, -0.2) is 13.6 Å². The number of pyridine rings is 1. The van der Waals surface area contributed by atoms with Gasteiger partial charge in [-0.15, -0.1) is 0 Å². The van der Waals surface area contributed by atoms with Crippen LogP contribution >= 0.6 is 0 Å². The molecule has 1 atom stereocenters. The van der Waals surface area contributed by atoms with Crippen molar-refractivity contribution in [1.82, 2.24) is 9.47 Å². The normalized spacial score (nSPS) is 18.3. The third-order valence-electron chi connectivity index (χ3n) is 8.71. The fourth-order valence-electron chi connectivity index (χ4n) is 6.45. The second-order valence-corrected chi connectivity index (χ2v) is 12.1. The van der Waals surface area contributed by atoms with Crippen LogP contribution in [0.15, 0.2) is 77.7 Å². The highest BCUT2D eigenvalue weighted by Crippen LogP contribution is 2.42. The van der Waals surface area contributed by atoms with E-state index >= 15 is 13.2 Å². The second-order valence-electron chi connectivity index (χ2n) is 12.1. The van der Waals surface area contributed by atoms with E-state index in [2.05, 4.69) is 4.90 Å². The van der Waals surface area contributed by atoms with Crippen molar-refractivity contribution >= 4 is 22.6 Å². The molecular formula is C35H36F3N3O3. The quantitative estimate of drug-likeness (QED) is 0.180. The topological polar surface area (TPSA) is 54.8 Å².